The van der Waals surface area contributed by atoms with Crippen molar-refractivity contribution < 1.29 is 9.59 Å². The predicted octanol–water partition coefficient (Wildman–Crippen LogP) is 3.38. The number of benzene rings is 2. The van der Waals surface area contributed by atoms with E-state index in [9.17, 15) is 9.59 Å². The van der Waals surface area contributed by atoms with Crippen molar-refractivity contribution in [1.82, 2.24) is 5.32 Å². The number of carbonyl (C=O) groups is 2. The zero-order valence-electron chi connectivity index (χ0n) is 14.1. The lowest BCUT2D eigenvalue weighted by Gasteiger charge is -2.09. The maximum absolute atomic E-state index is 12.4. The molecule has 0 aromatic heterocycles. The summed E-state index contributed by atoms with van der Waals surface area (Å²) in [6, 6.07) is 13.6. The van der Waals surface area contributed by atoms with Gasteiger partial charge in [-0.2, -0.15) is 0 Å². The smallest absolute Gasteiger partial charge is 0.255 e. The molecular formula is C20H22N2O2. The molecule has 4 nitrogen and oxygen atoms in total. The second-order valence-electron chi connectivity index (χ2n) is 6.49. The summed E-state index contributed by atoms with van der Waals surface area (Å²) in [6.45, 7) is 3.94. The summed E-state index contributed by atoms with van der Waals surface area (Å²) in [5.74, 6) is -0.0590. The predicted molar refractivity (Wildman–Crippen MR) is 95.2 cm³/mol. The first kappa shape index (κ1) is 16.2. The fraction of sp³-hybridized carbons (Fsp3) is 0.300. The van der Waals surface area contributed by atoms with E-state index in [1.165, 1.54) is 0 Å². The summed E-state index contributed by atoms with van der Waals surface area (Å²) in [5, 5.41) is 5.87. The Balaban J connectivity index is 1.60. The van der Waals surface area contributed by atoms with Crippen molar-refractivity contribution in [3.63, 3.8) is 0 Å². The van der Waals surface area contributed by atoms with Crippen LogP contribution in [-0.2, 0) is 11.2 Å². The monoisotopic (exact) mass is 322 g/mol. The van der Waals surface area contributed by atoms with Crippen LogP contribution in [0.5, 0.6) is 0 Å². The molecule has 3 rings (SSSR count). The van der Waals surface area contributed by atoms with Gasteiger partial charge in [-0.15, -0.1) is 0 Å². The second-order valence-corrected chi connectivity index (χ2v) is 6.49. The molecule has 1 aliphatic rings. The SMILES string of the molecule is Cc1ccc(C(=O)Nc2ccc(CC(=O)NC3CC3)cc2)c(C)c1. The molecule has 0 radical (unpaired) electrons. The van der Waals surface area contributed by atoms with E-state index in [4.69, 9.17) is 0 Å². The summed E-state index contributed by atoms with van der Waals surface area (Å²) >= 11 is 0. The van der Waals surface area contributed by atoms with Gasteiger partial charge in [-0.3, -0.25) is 9.59 Å². The number of hydrogen-bond donors (Lipinski definition) is 2. The highest BCUT2D eigenvalue weighted by atomic mass is 16.2. The van der Waals surface area contributed by atoms with Crippen LogP contribution < -0.4 is 10.6 Å². The van der Waals surface area contributed by atoms with Gasteiger partial charge < -0.3 is 10.6 Å². The third-order valence-electron chi connectivity index (χ3n) is 4.15. The van der Waals surface area contributed by atoms with Crippen LogP contribution in [0, 0.1) is 13.8 Å². The largest absolute Gasteiger partial charge is 0.353 e. The zero-order chi connectivity index (χ0) is 17.1. The second kappa shape index (κ2) is 6.87. The van der Waals surface area contributed by atoms with Gasteiger partial charge in [-0.05, 0) is 56.0 Å². The molecule has 2 aromatic rings. The van der Waals surface area contributed by atoms with Gasteiger partial charge in [-0.25, -0.2) is 0 Å². The minimum Gasteiger partial charge on any atom is -0.353 e. The molecule has 0 heterocycles. The number of hydrogen-bond acceptors (Lipinski definition) is 2. The van der Waals surface area contributed by atoms with Gasteiger partial charge in [0, 0.05) is 17.3 Å². The average molecular weight is 322 g/mol. The molecular weight excluding hydrogens is 300 g/mol. The van der Waals surface area contributed by atoms with Gasteiger partial charge in [0.1, 0.15) is 0 Å². The van der Waals surface area contributed by atoms with E-state index in [1.54, 1.807) is 0 Å². The van der Waals surface area contributed by atoms with E-state index < -0.39 is 0 Å². The van der Waals surface area contributed by atoms with E-state index in [-0.39, 0.29) is 11.8 Å². The number of anilines is 1. The molecule has 2 N–H and O–H groups in total. The summed E-state index contributed by atoms with van der Waals surface area (Å²) in [5.41, 5.74) is 4.44. The van der Waals surface area contributed by atoms with Gasteiger partial charge in [0.2, 0.25) is 5.91 Å². The van der Waals surface area contributed by atoms with Gasteiger partial charge in [0.05, 0.1) is 6.42 Å². The molecule has 0 unspecified atom stereocenters. The lowest BCUT2D eigenvalue weighted by Crippen LogP contribution is -2.26. The Bertz CT molecular complexity index is 762. The van der Waals surface area contributed by atoms with Gasteiger partial charge >= 0.3 is 0 Å². The van der Waals surface area contributed by atoms with E-state index in [0.29, 0.717) is 18.0 Å². The molecule has 0 aliphatic heterocycles. The van der Waals surface area contributed by atoms with E-state index in [0.717, 1.165) is 35.2 Å². The van der Waals surface area contributed by atoms with Gasteiger partial charge in [0.25, 0.3) is 5.91 Å². The van der Waals surface area contributed by atoms with Crippen molar-refractivity contribution in [2.45, 2.75) is 39.2 Å². The fourth-order valence-electron chi connectivity index (χ4n) is 2.66. The van der Waals surface area contributed by atoms with Crippen LogP contribution in [0.25, 0.3) is 0 Å². The van der Waals surface area contributed by atoms with Crippen molar-refractivity contribution in [2.75, 3.05) is 5.32 Å². The number of rotatable bonds is 5. The third kappa shape index (κ3) is 4.22. The normalized spacial score (nSPS) is 13.4. The lowest BCUT2D eigenvalue weighted by atomic mass is 10.0. The highest BCUT2D eigenvalue weighted by Gasteiger charge is 2.23. The molecule has 2 aromatic carbocycles. The Morgan fingerprint density at radius 1 is 1.04 bits per heavy atom. The number of aryl methyl sites for hydroxylation is 2. The average Bonchev–Trinajstić information content (AvgIpc) is 3.33. The summed E-state index contributed by atoms with van der Waals surface area (Å²) < 4.78 is 0. The molecule has 0 bridgehead atoms. The summed E-state index contributed by atoms with van der Waals surface area (Å²) in [4.78, 5) is 24.2. The van der Waals surface area contributed by atoms with Gasteiger partial charge in [0.15, 0.2) is 0 Å². The molecule has 24 heavy (non-hydrogen) atoms. The van der Waals surface area contributed by atoms with Crippen LogP contribution in [0.15, 0.2) is 42.5 Å². The van der Waals surface area contributed by atoms with E-state index in [1.807, 2.05) is 56.3 Å². The Morgan fingerprint density at radius 3 is 2.38 bits per heavy atom. The van der Waals surface area contributed by atoms with E-state index >= 15 is 0 Å². The molecule has 0 spiro atoms. The molecule has 124 valence electrons. The molecule has 1 fully saturated rings. The molecule has 4 heteroatoms. The first-order valence-corrected chi connectivity index (χ1v) is 8.28. The first-order valence-electron chi connectivity index (χ1n) is 8.28. The van der Waals surface area contributed by atoms with Crippen molar-refractivity contribution in [3.05, 3.63) is 64.7 Å². The number of nitrogens with one attached hydrogen (secondary N) is 2. The maximum Gasteiger partial charge on any atom is 0.255 e. The Morgan fingerprint density at radius 2 is 1.75 bits per heavy atom. The number of amides is 2. The van der Waals surface area contributed by atoms with Crippen molar-refractivity contribution >= 4 is 17.5 Å². The van der Waals surface area contributed by atoms with Crippen LogP contribution in [0.4, 0.5) is 5.69 Å². The number of carbonyl (C=O) groups excluding carboxylic acids is 2. The third-order valence-corrected chi connectivity index (χ3v) is 4.15. The van der Waals surface area contributed by atoms with Gasteiger partial charge in [-0.1, -0.05) is 29.8 Å². The van der Waals surface area contributed by atoms with E-state index in [2.05, 4.69) is 10.6 Å². The molecule has 1 saturated carbocycles. The quantitative estimate of drug-likeness (QED) is 0.886. The molecule has 0 atom stereocenters. The maximum atomic E-state index is 12.4. The van der Waals surface area contributed by atoms with Crippen LogP contribution >= 0.6 is 0 Å². The lowest BCUT2D eigenvalue weighted by molar-refractivity contribution is -0.120. The van der Waals surface area contributed by atoms with Crippen LogP contribution in [0.3, 0.4) is 0 Å². The fourth-order valence-corrected chi connectivity index (χ4v) is 2.66. The summed E-state index contributed by atoms with van der Waals surface area (Å²) in [6.07, 6.45) is 2.56. The first-order chi connectivity index (χ1) is 11.5. The highest BCUT2D eigenvalue weighted by Crippen LogP contribution is 2.19. The minimum atomic E-state index is -0.119. The highest BCUT2D eigenvalue weighted by molar-refractivity contribution is 6.05. The Labute approximate surface area is 142 Å². The van der Waals surface area contributed by atoms with Crippen molar-refractivity contribution in [3.8, 4) is 0 Å². The Kier molecular flexibility index (Phi) is 4.65. The van der Waals surface area contributed by atoms with Crippen molar-refractivity contribution in [1.29, 1.82) is 0 Å². The van der Waals surface area contributed by atoms with Crippen molar-refractivity contribution in [2.24, 2.45) is 0 Å². The molecule has 1 aliphatic carbocycles. The van der Waals surface area contributed by atoms with Crippen LogP contribution in [0.1, 0.15) is 39.9 Å². The van der Waals surface area contributed by atoms with Crippen LogP contribution in [0.2, 0.25) is 0 Å². The molecule has 2 amide bonds. The minimum absolute atomic E-state index is 0.0598. The summed E-state index contributed by atoms with van der Waals surface area (Å²) in [7, 11) is 0. The molecule has 0 saturated heterocycles. The standard InChI is InChI=1S/C20H22N2O2/c1-13-3-10-18(14(2)11-13)20(24)22-17-6-4-15(5-7-17)12-19(23)21-16-8-9-16/h3-7,10-11,16H,8-9,12H2,1-2H3,(H,21,23)(H,22,24). The topological polar surface area (TPSA) is 58.2 Å². The Hall–Kier alpha value is -2.62. The van der Waals surface area contributed by atoms with Crippen LogP contribution in [-0.4, -0.2) is 17.9 Å². The zero-order valence-corrected chi connectivity index (χ0v) is 14.1.